The molecule has 2 N–H and O–H groups in total. The molecular formula is C19H18F3I2N5OS. The Morgan fingerprint density at radius 1 is 1.32 bits per heavy atom. The van der Waals surface area contributed by atoms with Crippen LogP contribution in [0.5, 0.6) is 0 Å². The quantitative estimate of drug-likeness (QED) is 0.192. The van der Waals surface area contributed by atoms with Gasteiger partial charge in [-0.3, -0.25) is 19.0 Å². The number of allylic oxidation sites excluding steroid dienone is 1. The molecule has 0 saturated carbocycles. The lowest BCUT2D eigenvalue weighted by molar-refractivity contribution is -0.0584. The third-order valence-electron chi connectivity index (χ3n) is 4.54. The summed E-state index contributed by atoms with van der Waals surface area (Å²) in [5, 5.41) is 9.67. The van der Waals surface area contributed by atoms with Crippen molar-refractivity contribution >= 4 is 72.2 Å². The van der Waals surface area contributed by atoms with E-state index in [1.807, 2.05) is 29.7 Å². The van der Waals surface area contributed by atoms with E-state index in [1.165, 1.54) is 6.20 Å². The normalized spacial score (nSPS) is 13.1. The highest BCUT2D eigenvalue weighted by Gasteiger charge is 2.32. The van der Waals surface area contributed by atoms with Crippen molar-refractivity contribution in [1.82, 2.24) is 14.4 Å². The first-order valence-electron chi connectivity index (χ1n) is 8.93. The standard InChI is InChI=1S/C19H18F3I2N5OS/c1-3-31(2,30)13-9-12(26-6-4-14(25)19(20,21)22)10-27-16(13)17-18(24)29-7-5-11(23)8-15(29)28-17/h4-10,25-26,31H,3H2,1-2H3/b6-4-,25-14?. The van der Waals surface area contributed by atoms with Gasteiger partial charge in [-0.2, -0.15) is 13.2 Å². The van der Waals surface area contributed by atoms with Crippen LogP contribution >= 0.6 is 45.2 Å². The van der Waals surface area contributed by atoms with Gasteiger partial charge in [0.15, 0.2) is 0 Å². The third-order valence-corrected chi connectivity index (χ3v) is 8.81. The maximum absolute atomic E-state index is 13.3. The molecule has 3 aromatic heterocycles. The number of rotatable bonds is 6. The molecule has 0 amide bonds. The van der Waals surface area contributed by atoms with Crippen molar-refractivity contribution in [2.24, 2.45) is 0 Å². The fraction of sp³-hybridized carbons (Fsp3) is 0.211. The maximum Gasteiger partial charge on any atom is 0.432 e. The number of hydrogen-bond acceptors (Lipinski definition) is 5. The summed E-state index contributed by atoms with van der Waals surface area (Å²) in [6.45, 7) is 1.81. The Bertz CT molecular complexity index is 1240. The van der Waals surface area contributed by atoms with E-state index in [0.717, 1.165) is 19.1 Å². The summed E-state index contributed by atoms with van der Waals surface area (Å²) < 4.78 is 54.5. The zero-order valence-electron chi connectivity index (χ0n) is 16.3. The van der Waals surface area contributed by atoms with Crippen molar-refractivity contribution in [1.29, 1.82) is 5.41 Å². The molecule has 0 unspecified atom stereocenters. The van der Waals surface area contributed by atoms with Gasteiger partial charge in [-0.15, -0.1) is 0 Å². The van der Waals surface area contributed by atoms with E-state index < -0.39 is 21.8 Å². The molecule has 12 heteroatoms. The Morgan fingerprint density at radius 3 is 2.68 bits per heavy atom. The number of nitrogens with zero attached hydrogens (tertiary/aromatic N) is 3. The molecular weight excluding hydrogens is 657 g/mol. The van der Waals surface area contributed by atoms with Crippen LogP contribution in [0.25, 0.3) is 17.0 Å². The fourth-order valence-electron chi connectivity index (χ4n) is 2.70. The molecule has 0 spiro atoms. The van der Waals surface area contributed by atoms with Crippen LogP contribution in [0.15, 0.2) is 47.8 Å². The van der Waals surface area contributed by atoms with Crippen molar-refractivity contribution in [3.8, 4) is 11.4 Å². The van der Waals surface area contributed by atoms with E-state index in [-0.39, 0.29) is 0 Å². The van der Waals surface area contributed by atoms with Crippen molar-refractivity contribution in [3.05, 3.63) is 50.1 Å². The number of halogens is 5. The maximum atomic E-state index is 13.3. The number of alkyl halides is 3. The van der Waals surface area contributed by atoms with Gasteiger partial charge in [-0.1, -0.05) is 16.9 Å². The molecule has 3 rings (SSSR count). The van der Waals surface area contributed by atoms with Crippen LogP contribution in [0.4, 0.5) is 18.9 Å². The number of pyridine rings is 2. The SMILES string of the molecule is CC[SH](C)(=O)c1cc(N/C=C\C(=N)C(F)(F)F)cnc1-c1nc2cc(I)ccn2c1I. The number of aromatic nitrogens is 3. The summed E-state index contributed by atoms with van der Waals surface area (Å²) in [6, 6.07) is 5.50. The fourth-order valence-corrected chi connectivity index (χ4v) is 5.29. The van der Waals surface area contributed by atoms with E-state index in [1.54, 1.807) is 12.3 Å². The minimum Gasteiger partial charge on any atom is -0.360 e. The van der Waals surface area contributed by atoms with Crippen molar-refractivity contribution < 1.29 is 17.4 Å². The van der Waals surface area contributed by atoms with Crippen LogP contribution in [0.1, 0.15) is 6.92 Å². The molecule has 0 aromatic carbocycles. The number of fused-ring (bicyclic) bond motifs is 1. The van der Waals surface area contributed by atoms with Crippen LogP contribution < -0.4 is 5.32 Å². The summed E-state index contributed by atoms with van der Waals surface area (Å²) in [5.74, 6) is 0.390. The second kappa shape index (κ2) is 9.13. The predicted octanol–water partition coefficient (Wildman–Crippen LogP) is 5.14. The van der Waals surface area contributed by atoms with Crippen LogP contribution in [0.2, 0.25) is 0 Å². The molecule has 166 valence electrons. The lowest BCUT2D eigenvalue weighted by Gasteiger charge is -2.20. The van der Waals surface area contributed by atoms with Crippen molar-refractivity contribution in [3.63, 3.8) is 0 Å². The Hall–Kier alpha value is -1.55. The van der Waals surface area contributed by atoms with Gasteiger partial charge < -0.3 is 5.32 Å². The predicted molar refractivity (Wildman–Crippen MR) is 135 cm³/mol. The van der Waals surface area contributed by atoms with Crippen LogP contribution in [-0.2, 0) is 9.93 Å². The molecule has 0 bridgehead atoms. The van der Waals surface area contributed by atoms with Gasteiger partial charge in [0.2, 0.25) is 0 Å². The number of anilines is 1. The number of hydrogen-bond donors (Lipinski definition) is 3. The van der Waals surface area contributed by atoms with Crippen LogP contribution in [-0.4, -0.2) is 42.5 Å². The molecule has 0 aliphatic rings. The molecule has 6 nitrogen and oxygen atoms in total. The highest BCUT2D eigenvalue weighted by atomic mass is 127. The molecule has 0 radical (unpaired) electrons. The summed E-state index contributed by atoms with van der Waals surface area (Å²) in [5.41, 5.74) is 0.696. The minimum absolute atomic E-state index is 0.369. The van der Waals surface area contributed by atoms with Crippen LogP contribution in [0.3, 0.4) is 0 Å². The zero-order valence-corrected chi connectivity index (χ0v) is 21.5. The highest BCUT2D eigenvalue weighted by Crippen LogP contribution is 2.33. The summed E-state index contributed by atoms with van der Waals surface area (Å²) in [7, 11) is -2.81. The number of nitrogens with one attached hydrogen (secondary N) is 2. The van der Waals surface area contributed by atoms with Gasteiger partial charge in [-0.05, 0) is 75.7 Å². The second-order valence-corrected chi connectivity index (χ2v) is 12.3. The lowest BCUT2D eigenvalue weighted by Crippen LogP contribution is -2.19. The lowest BCUT2D eigenvalue weighted by atomic mass is 10.2. The molecule has 0 atom stereocenters. The molecule has 31 heavy (non-hydrogen) atoms. The average molecular weight is 675 g/mol. The first kappa shape index (κ1) is 24.1. The zero-order chi connectivity index (χ0) is 23.0. The Morgan fingerprint density at radius 2 is 2.03 bits per heavy atom. The smallest absolute Gasteiger partial charge is 0.360 e. The summed E-state index contributed by atoms with van der Waals surface area (Å²) in [6.07, 6.45) is 1.91. The monoisotopic (exact) mass is 675 g/mol. The first-order valence-corrected chi connectivity index (χ1v) is 13.4. The van der Waals surface area contributed by atoms with E-state index in [2.05, 4.69) is 60.5 Å². The van der Waals surface area contributed by atoms with Crippen molar-refractivity contribution in [2.45, 2.75) is 18.0 Å². The van der Waals surface area contributed by atoms with E-state index in [4.69, 9.17) is 5.41 Å². The van der Waals surface area contributed by atoms with Gasteiger partial charge in [-0.25, -0.2) is 4.98 Å². The van der Waals surface area contributed by atoms with E-state index in [9.17, 15) is 17.4 Å². The Labute approximate surface area is 205 Å². The highest BCUT2D eigenvalue weighted by molar-refractivity contribution is 14.1. The average Bonchev–Trinajstić information content (AvgIpc) is 3.02. The van der Waals surface area contributed by atoms with E-state index >= 15 is 0 Å². The molecule has 0 saturated heterocycles. The van der Waals surface area contributed by atoms with E-state index in [0.29, 0.717) is 33.8 Å². The van der Waals surface area contributed by atoms with Gasteiger partial charge in [0.25, 0.3) is 0 Å². The third kappa shape index (κ3) is 5.27. The van der Waals surface area contributed by atoms with Gasteiger partial charge in [0.1, 0.15) is 26.4 Å². The van der Waals surface area contributed by atoms with Gasteiger partial charge in [0.05, 0.1) is 11.9 Å². The van der Waals surface area contributed by atoms with Gasteiger partial charge in [0, 0.05) is 26.6 Å². The number of imidazole rings is 1. The molecule has 0 aliphatic heterocycles. The first-order chi connectivity index (χ1) is 14.4. The van der Waals surface area contributed by atoms with Crippen molar-refractivity contribution in [2.75, 3.05) is 17.3 Å². The topological polar surface area (TPSA) is 83.1 Å². The van der Waals surface area contributed by atoms with Crippen LogP contribution in [0, 0.1) is 12.7 Å². The Kier molecular flexibility index (Phi) is 7.10. The molecule has 3 aromatic rings. The molecule has 0 aliphatic carbocycles. The molecule has 3 heterocycles. The van der Waals surface area contributed by atoms with Gasteiger partial charge >= 0.3 is 6.18 Å². The second-order valence-electron chi connectivity index (χ2n) is 6.72. The minimum atomic E-state index is -4.72. The summed E-state index contributed by atoms with van der Waals surface area (Å²) >= 11 is 4.36. The Balaban J connectivity index is 2.06. The summed E-state index contributed by atoms with van der Waals surface area (Å²) in [4.78, 5) is 9.63. The largest absolute Gasteiger partial charge is 0.432 e. The molecule has 0 fully saturated rings. The number of thiol groups is 1.